The number of nitrogens with zero attached hydrogens (tertiary/aromatic N) is 3. The van der Waals surface area contributed by atoms with E-state index in [4.69, 9.17) is 4.74 Å². The minimum Gasteiger partial charge on any atom is -0.497 e. The molecule has 0 aromatic heterocycles. The second kappa shape index (κ2) is 9.95. The number of hydrogen-bond donors (Lipinski definition) is 0. The summed E-state index contributed by atoms with van der Waals surface area (Å²) in [7, 11) is -2.25. The summed E-state index contributed by atoms with van der Waals surface area (Å²) in [4.78, 5) is 17.3. The zero-order chi connectivity index (χ0) is 23.3. The highest BCUT2D eigenvalue weighted by Gasteiger charge is 2.30. The molecule has 1 amide bonds. The highest BCUT2D eigenvalue weighted by molar-refractivity contribution is 7.92. The largest absolute Gasteiger partial charge is 0.497 e. The van der Waals surface area contributed by atoms with Gasteiger partial charge in [0.25, 0.3) is 10.0 Å². The lowest BCUT2D eigenvalue weighted by Gasteiger charge is -2.37. The van der Waals surface area contributed by atoms with Crippen LogP contribution in [0.25, 0.3) is 0 Å². The van der Waals surface area contributed by atoms with E-state index in [2.05, 4.69) is 4.90 Å². The number of rotatable bonds is 7. The van der Waals surface area contributed by atoms with Crippen LogP contribution in [0.1, 0.15) is 0 Å². The predicted octanol–water partition coefficient (Wildman–Crippen LogP) is 3.24. The van der Waals surface area contributed by atoms with Crippen molar-refractivity contribution in [2.24, 2.45) is 0 Å². The quantitative estimate of drug-likeness (QED) is 0.536. The number of piperazine rings is 1. The Labute approximate surface area is 194 Å². The van der Waals surface area contributed by atoms with Crippen LogP contribution in [0.3, 0.4) is 0 Å². The maximum atomic E-state index is 13.4. The molecule has 4 rings (SSSR count). The van der Waals surface area contributed by atoms with Crippen LogP contribution in [0.15, 0.2) is 89.8 Å². The van der Waals surface area contributed by atoms with Crippen molar-refractivity contribution in [3.63, 3.8) is 0 Å². The molecule has 7 nitrogen and oxygen atoms in total. The number of methoxy groups -OCH3 is 1. The number of ether oxygens (including phenoxy) is 1. The van der Waals surface area contributed by atoms with Crippen LogP contribution in [-0.2, 0) is 14.8 Å². The number of carbonyl (C=O) groups is 1. The van der Waals surface area contributed by atoms with E-state index in [-0.39, 0.29) is 17.3 Å². The molecule has 172 valence electrons. The van der Waals surface area contributed by atoms with Gasteiger partial charge >= 0.3 is 0 Å². The SMILES string of the molecule is COc1ccc(N2CCN(C(=O)CN(c3ccccc3)S(=O)(=O)c3ccccc3)CC2)cc1. The van der Waals surface area contributed by atoms with E-state index in [9.17, 15) is 13.2 Å². The van der Waals surface area contributed by atoms with Crippen molar-refractivity contribution in [2.75, 3.05) is 49.0 Å². The fourth-order valence-corrected chi connectivity index (χ4v) is 5.29. The molecule has 0 spiro atoms. The van der Waals surface area contributed by atoms with Gasteiger partial charge in [-0.3, -0.25) is 9.10 Å². The summed E-state index contributed by atoms with van der Waals surface area (Å²) in [6.45, 7) is 2.16. The maximum absolute atomic E-state index is 13.4. The Hall–Kier alpha value is -3.52. The van der Waals surface area contributed by atoms with Gasteiger partial charge in [0.15, 0.2) is 0 Å². The van der Waals surface area contributed by atoms with Crippen molar-refractivity contribution in [1.82, 2.24) is 4.90 Å². The van der Waals surface area contributed by atoms with E-state index in [0.717, 1.165) is 11.4 Å². The Morgan fingerprint density at radius 2 is 1.42 bits per heavy atom. The molecular formula is C25H27N3O4S. The number of carbonyl (C=O) groups excluding carboxylic acids is 1. The minimum absolute atomic E-state index is 0.158. The Morgan fingerprint density at radius 3 is 2.00 bits per heavy atom. The van der Waals surface area contributed by atoms with Crippen molar-refractivity contribution < 1.29 is 17.9 Å². The lowest BCUT2D eigenvalue weighted by Crippen LogP contribution is -2.52. The normalized spacial score (nSPS) is 14.1. The summed E-state index contributed by atoms with van der Waals surface area (Å²) in [6.07, 6.45) is 0. The summed E-state index contributed by atoms with van der Waals surface area (Å²) in [5.74, 6) is 0.584. The molecule has 0 aliphatic carbocycles. The molecule has 1 saturated heterocycles. The second-order valence-corrected chi connectivity index (χ2v) is 9.59. The van der Waals surface area contributed by atoms with Gasteiger partial charge in [0, 0.05) is 31.9 Å². The minimum atomic E-state index is -3.88. The molecule has 0 bridgehead atoms. The van der Waals surface area contributed by atoms with E-state index in [1.54, 1.807) is 66.6 Å². The number of sulfonamides is 1. The molecular weight excluding hydrogens is 438 g/mol. The zero-order valence-corrected chi connectivity index (χ0v) is 19.3. The van der Waals surface area contributed by atoms with Gasteiger partial charge in [0.1, 0.15) is 12.3 Å². The molecule has 1 heterocycles. The van der Waals surface area contributed by atoms with Crippen LogP contribution in [0.5, 0.6) is 5.75 Å². The van der Waals surface area contributed by atoms with Crippen LogP contribution in [0.4, 0.5) is 11.4 Å². The molecule has 3 aromatic carbocycles. The van der Waals surface area contributed by atoms with Crippen LogP contribution in [0.2, 0.25) is 0 Å². The van der Waals surface area contributed by atoms with Crippen LogP contribution >= 0.6 is 0 Å². The van der Waals surface area contributed by atoms with E-state index < -0.39 is 10.0 Å². The number of anilines is 2. The first-order chi connectivity index (χ1) is 16.0. The Morgan fingerprint density at radius 1 is 0.848 bits per heavy atom. The highest BCUT2D eigenvalue weighted by Crippen LogP contribution is 2.24. The summed E-state index contributed by atoms with van der Waals surface area (Å²) in [6, 6.07) is 24.8. The van der Waals surface area contributed by atoms with E-state index in [0.29, 0.717) is 31.9 Å². The van der Waals surface area contributed by atoms with E-state index in [1.807, 2.05) is 30.3 Å². The summed E-state index contributed by atoms with van der Waals surface area (Å²) in [5, 5.41) is 0. The first-order valence-corrected chi connectivity index (χ1v) is 12.2. The van der Waals surface area contributed by atoms with Crippen LogP contribution < -0.4 is 13.9 Å². The summed E-state index contributed by atoms with van der Waals surface area (Å²) >= 11 is 0. The summed E-state index contributed by atoms with van der Waals surface area (Å²) in [5.41, 5.74) is 1.53. The first kappa shape index (κ1) is 22.7. The predicted molar refractivity (Wildman–Crippen MR) is 129 cm³/mol. The van der Waals surface area contributed by atoms with Gasteiger partial charge in [0.05, 0.1) is 17.7 Å². The Kier molecular flexibility index (Phi) is 6.84. The molecule has 8 heteroatoms. The number of benzene rings is 3. The third kappa shape index (κ3) is 5.12. The molecule has 0 atom stereocenters. The molecule has 0 unspecified atom stereocenters. The third-order valence-electron chi connectivity index (χ3n) is 5.72. The average molecular weight is 466 g/mol. The van der Waals surface area contributed by atoms with Gasteiger partial charge in [-0.15, -0.1) is 0 Å². The standard InChI is InChI=1S/C25H27N3O4S/c1-32-23-14-12-21(13-15-23)26-16-18-27(19-17-26)25(29)20-28(22-8-4-2-5-9-22)33(30,31)24-10-6-3-7-11-24/h2-15H,16-20H2,1H3. The fraction of sp³-hybridized carbons (Fsp3) is 0.240. The van der Waals surface area contributed by atoms with E-state index >= 15 is 0 Å². The molecule has 0 N–H and O–H groups in total. The van der Waals surface area contributed by atoms with E-state index in [1.165, 1.54) is 4.31 Å². The van der Waals surface area contributed by atoms with Crippen molar-refractivity contribution >= 4 is 27.3 Å². The third-order valence-corrected chi connectivity index (χ3v) is 7.51. The average Bonchev–Trinajstić information content (AvgIpc) is 2.88. The molecule has 33 heavy (non-hydrogen) atoms. The number of hydrogen-bond acceptors (Lipinski definition) is 5. The molecule has 0 radical (unpaired) electrons. The van der Waals surface area contributed by atoms with Crippen LogP contribution in [0, 0.1) is 0 Å². The van der Waals surface area contributed by atoms with Gasteiger partial charge in [-0.05, 0) is 48.5 Å². The zero-order valence-electron chi connectivity index (χ0n) is 18.5. The van der Waals surface area contributed by atoms with Gasteiger partial charge in [0.2, 0.25) is 5.91 Å². The van der Waals surface area contributed by atoms with Crippen molar-refractivity contribution in [2.45, 2.75) is 4.90 Å². The lowest BCUT2D eigenvalue weighted by atomic mass is 10.2. The Balaban J connectivity index is 1.47. The smallest absolute Gasteiger partial charge is 0.264 e. The lowest BCUT2D eigenvalue weighted by molar-refractivity contribution is -0.129. The Bertz CT molecular complexity index is 1160. The fourth-order valence-electron chi connectivity index (χ4n) is 3.86. The van der Waals surface area contributed by atoms with Crippen LogP contribution in [-0.4, -0.2) is 59.1 Å². The van der Waals surface area contributed by atoms with Crippen molar-refractivity contribution in [3.8, 4) is 5.75 Å². The maximum Gasteiger partial charge on any atom is 0.264 e. The van der Waals surface area contributed by atoms with Crippen molar-refractivity contribution in [1.29, 1.82) is 0 Å². The monoisotopic (exact) mass is 465 g/mol. The number of para-hydroxylation sites is 1. The van der Waals surface area contributed by atoms with Gasteiger partial charge in [-0.25, -0.2) is 8.42 Å². The van der Waals surface area contributed by atoms with Gasteiger partial charge in [-0.1, -0.05) is 36.4 Å². The molecule has 1 aliphatic rings. The topological polar surface area (TPSA) is 70.2 Å². The van der Waals surface area contributed by atoms with Gasteiger partial charge in [-0.2, -0.15) is 0 Å². The second-order valence-electron chi connectivity index (χ2n) is 7.73. The number of amides is 1. The first-order valence-electron chi connectivity index (χ1n) is 10.8. The molecule has 1 aliphatic heterocycles. The molecule has 0 saturated carbocycles. The molecule has 3 aromatic rings. The molecule has 1 fully saturated rings. The van der Waals surface area contributed by atoms with Crippen molar-refractivity contribution in [3.05, 3.63) is 84.9 Å². The highest BCUT2D eigenvalue weighted by atomic mass is 32.2. The summed E-state index contributed by atoms with van der Waals surface area (Å²) < 4.78 is 33.2. The van der Waals surface area contributed by atoms with Gasteiger partial charge < -0.3 is 14.5 Å².